The molecule has 1 heterocycles. The number of halogens is 2. The molecule has 0 saturated carbocycles. The minimum Gasteiger partial charge on any atom is -0.496 e. The summed E-state index contributed by atoms with van der Waals surface area (Å²) in [4.78, 5) is 26.9. The fourth-order valence-corrected chi connectivity index (χ4v) is 2.93. The lowest BCUT2D eigenvalue weighted by molar-refractivity contribution is -0.125. The van der Waals surface area contributed by atoms with Crippen LogP contribution in [0, 0.1) is 5.92 Å². The molecule has 0 aliphatic carbocycles. The predicted octanol–water partition coefficient (Wildman–Crippen LogP) is 2.09. The molecule has 2 amide bonds. The van der Waals surface area contributed by atoms with E-state index in [-0.39, 0.29) is 30.1 Å². The zero-order chi connectivity index (χ0) is 17.7. The van der Waals surface area contributed by atoms with Crippen LogP contribution in [0.25, 0.3) is 0 Å². The van der Waals surface area contributed by atoms with E-state index in [0.29, 0.717) is 42.4 Å². The normalized spacial score (nSPS) is 17.6. The molecule has 1 saturated heterocycles. The maximum absolute atomic E-state index is 12.9. The van der Waals surface area contributed by atoms with E-state index in [4.69, 9.17) is 22.1 Å². The van der Waals surface area contributed by atoms with Crippen LogP contribution >= 0.6 is 24.0 Å². The highest BCUT2D eigenvalue weighted by Gasteiger charge is 2.35. The molecule has 1 aromatic rings. The Kier molecular flexibility index (Phi) is 8.48. The van der Waals surface area contributed by atoms with Crippen molar-refractivity contribution in [1.82, 2.24) is 10.2 Å². The third kappa shape index (κ3) is 5.23. The first-order valence-corrected chi connectivity index (χ1v) is 8.48. The molecule has 1 aliphatic heterocycles. The quantitative estimate of drug-likeness (QED) is 0.779. The van der Waals surface area contributed by atoms with E-state index in [2.05, 4.69) is 5.32 Å². The zero-order valence-corrected chi connectivity index (χ0v) is 16.0. The fourth-order valence-electron chi connectivity index (χ4n) is 2.76. The summed E-state index contributed by atoms with van der Waals surface area (Å²) in [5.74, 6) is 0.278. The van der Waals surface area contributed by atoms with Gasteiger partial charge in [0.25, 0.3) is 5.91 Å². The average molecular weight is 390 g/mol. The number of nitrogens with one attached hydrogen (secondary N) is 1. The zero-order valence-electron chi connectivity index (χ0n) is 14.5. The van der Waals surface area contributed by atoms with Crippen LogP contribution in [-0.2, 0) is 4.79 Å². The van der Waals surface area contributed by atoms with Gasteiger partial charge in [0.05, 0.1) is 12.7 Å². The number of methoxy groups -OCH3 is 1. The number of carbonyl (C=O) groups is 2. The molecule has 0 bridgehead atoms. The highest BCUT2D eigenvalue weighted by molar-refractivity contribution is 6.31. The van der Waals surface area contributed by atoms with Gasteiger partial charge >= 0.3 is 0 Å². The van der Waals surface area contributed by atoms with Gasteiger partial charge in [0.2, 0.25) is 5.91 Å². The molecular formula is C17H25Cl2N3O3. The lowest BCUT2D eigenvalue weighted by Gasteiger charge is -2.25. The third-order valence-electron chi connectivity index (χ3n) is 4.24. The summed E-state index contributed by atoms with van der Waals surface area (Å²) in [7, 11) is 1.50. The average Bonchev–Trinajstić information content (AvgIpc) is 3.08. The summed E-state index contributed by atoms with van der Waals surface area (Å²) >= 11 is 6.01. The maximum atomic E-state index is 12.9. The molecule has 6 nitrogen and oxygen atoms in total. The molecule has 8 heteroatoms. The van der Waals surface area contributed by atoms with Crippen LogP contribution in [0.2, 0.25) is 5.02 Å². The number of hydrogen-bond donors (Lipinski definition) is 2. The number of rotatable bonds is 6. The Balaban J connectivity index is 0.00000312. The van der Waals surface area contributed by atoms with Gasteiger partial charge in [-0.15, -0.1) is 12.4 Å². The van der Waals surface area contributed by atoms with Crippen LogP contribution in [-0.4, -0.2) is 49.5 Å². The summed E-state index contributed by atoms with van der Waals surface area (Å²) in [6.45, 7) is 3.52. The molecule has 2 rings (SSSR count). The van der Waals surface area contributed by atoms with E-state index in [1.165, 1.54) is 7.11 Å². The highest BCUT2D eigenvalue weighted by Crippen LogP contribution is 2.27. The molecule has 0 aromatic heterocycles. The number of ether oxygens (including phenoxy) is 1. The van der Waals surface area contributed by atoms with Crippen molar-refractivity contribution in [2.24, 2.45) is 11.7 Å². The summed E-state index contributed by atoms with van der Waals surface area (Å²) in [5.41, 5.74) is 5.94. The Morgan fingerprint density at radius 3 is 2.84 bits per heavy atom. The third-order valence-corrected chi connectivity index (χ3v) is 4.47. The topological polar surface area (TPSA) is 84.7 Å². The monoisotopic (exact) mass is 389 g/mol. The maximum Gasteiger partial charge on any atom is 0.258 e. The van der Waals surface area contributed by atoms with E-state index in [1.54, 1.807) is 23.1 Å². The molecular weight excluding hydrogens is 365 g/mol. The SMILES string of the molecule is COc1ccc(Cl)cc1C(=O)N1CCCC1C(=O)NCC(C)CN.Cl. The molecule has 1 aliphatic rings. The van der Waals surface area contributed by atoms with Gasteiger partial charge in [-0.25, -0.2) is 0 Å². The smallest absolute Gasteiger partial charge is 0.258 e. The molecule has 0 spiro atoms. The Hall–Kier alpha value is -1.50. The molecule has 140 valence electrons. The van der Waals surface area contributed by atoms with E-state index in [0.717, 1.165) is 6.42 Å². The number of nitrogens with two attached hydrogens (primary N) is 1. The summed E-state index contributed by atoms with van der Waals surface area (Å²) in [6.07, 6.45) is 1.44. The Labute approximate surface area is 159 Å². The van der Waals surface area contributed by atoms with Gasteiger partial charge in [-0.1, -0.05) is 18.5 Å². The van der Waals surface area contributed by atoms with E-state index < -0.39 is 6.04 Å². The van der Waals surface area contributed by atoms with Crippen molar-refractivity contribution in [3.8, 4) is 5.75 Å². The van der Waals surface area contributed by atoms with E-state index in [9.17, 15) is 9.59 Å². The first kappa shape index (κ1) is 21.5. The second-order valence-corrected chi connectivity index (χ2v) is 6.52. The van der Waals surface area contributed by atoms with Crippen molar-refractivity contribution in [3.63, 3.8) is 0 Å². The van der Waals surface area contributed by atoms with Crippen molar-refractivity contribution in [3.05, 3.63) is 28.8 Å². The first-order chi connectivity index (χ1) is 11.5. The van der Waals surface area contributed by atoms with Crippen molar-refractivity contribution < 1.29 is 14.3 Å². The molecule has 2 unspecified atom stereocenters. The fraction of sp³-hybridized carbons (Fsp3) is 0.529. The van der Waals surface area contributed by atoms with Gasteiger partial charge in [-0.2, -0.15) is 0 Å². The molecule has 25 heavy (non-hydrogen) atoms. The van der Waals surface area contributed by atoms with E-state index in [1.807, 2.05) is 6.92 Å². The molecule has 3 N–H and O–H groups in total. The second-order valence-electron chi connectivity index (χ2n) is 6.09. The largest absolute Gasteiger partial charge is 0.496 e. The van der Waals surface area contributed by atoms with Crippen LogP contribution in [0.4, 0.5) is 0 Å². The Morgan fingerprint density at radius 2 is 2.20 bits per heavy atom. The van der Waals surface area contributed by atoms with Gasteiger partial charge in [-0.05, 0) is 43.5 Å². The number of nitrogens with zero attached hydrogens (tertiary/aromatic N) is 1. The van der Waals surface area contributed by atoms with Crippen LogP contribution in [0.5, 0.6) is 5.75 Å². The summed E-state index contributed by atoms with van der Waals surface area (Å²) < 4.78 is 5.25. The van der Waals surface area contributed by atoms with Gasteiger partial charge in [0.1, 0.15) is 11.8 Å². The van der Waals surface area contributed by atoms with Crippen molar-refractivity contribution >= 4 is 35.8 Å². The van der Waals surface area contributed by atoms with Crippen molar-refractivity contribution in [1.29, 1.82) is 0 Å². The minimum atomic E-state index is -0.467. The van der Waals surface area contributed by atoms with Crippen LogP contribution in [0.3, 0.4) is 0 Å². The lowest BCUT2D eigenvalue weighted by atomic mass is 10.1. The van der Waals surface area contributed by atoms with Crippen molar-refractivity contribution in [2.45, 2.75) is 25.8 Å². The van der Waals surface area contributed by atoms with Crippen LogP contribution in [0.15, 0.2) is 18.2 Å². The molecule has 0 radical (unpaired) electrons. The van der Waals surface area contributed by atoms with Crippen molar-refractivity contribution in [2.75, 3.05) is 26.7 Å². The van der Waals surface area contributed by atoms with Gasteiger partial charge < -0.3 is 20.7 Å². The van der Waals surface area contributed by atoms with E-state index >= 15 is 0 Å². The van der Waals surface area contributed by atoms with Gasteiger partial charge in [0, 0.05) is 18.1 Å². The first-order valence-electron chi connectivity index (χ1n) is 8.10. The number of hydrogen-bond acceptors (Lipinski definition) is 4. The Morgan fingerprint density at radius 1 is 1.48 bits per heavy atom. The summed E-state index contributed by atoms with van der Waals surface area (Å²) in [6, 6.07) is 4.43. The predicted molar refractivity (Wildman–Crippen MR) is 101 cm³/mol. The Bertz CT molecular complexity index is 613. The summed E-state index contributed by atoms with van der Waals surface area (Å²) in [5, 5.41) is 3.34. The highest BCUT2D eigenvalue weighted by atomic mass is 35.5. The van der Waals surface area contributed by atoms with Crippen LogP contribution in [0.1, 0.15) is 30.1 Å². The standard InChI is InChI=1S/C17H24ClN3O3.ClH/c1-11(9-19)10-20-16(22)14-4-3-7-21(14)17(23)13-8-12(18)5-6-15(13)24-2;/h5-6,8,11,14H,3-4,7,9-10,19H2,1-2H3,(H,20,22);1H. The van der Waals surface area contributed by atoms with Crippen LogP contribution < -0.4 is 15.8 Å². The molecule has 2 atom stereocenters. The minimum absolute atomic E-state index is 0. The number of carbonyl (C=O) groups excluding carboxylic acids is 2. The molecule has 1 aromatic carbocycles. The number of likely N-dealkylation sites (tertiary alicyclic amines) is 1. The molecule has 1 fully saturated rings. The number of amides is 2. The number of benzene rings is 1. The second kappa shape index (κ2) is 9.85. The lowest BCUT2D eigenvalue weighted by Crippen LogP contribution is -2.47. The van der Waals surface area contributed by atoms with Gasteiger partial charge in [-0.3, -0.25) is 9.59 Å². The van der Waals surface area contributed by atoms with Gasteiger partial charge in [0.15, 0.2) is 0 Å².